The molecular weight excluding hydrogens is 178 g/mol. The van der Waals surface area contributed by atoms with E-state index in [2.05, 4.69) is 0 Å². The van der Waals surface area contributed by atoms with Crippen LogP contribution >= 0.6 is 0 Å². The lowest BCUT2D eigenvalue weighted by Crippen LogP contribution is -2.21. The minimum Gasteiger partial charge on any atom is -0.507 e. The minimum absolute atomic E-state index is 0.0924. The summed E-state index contributed by atoms with van der Waals surface area (Å²) in [6.07, 6.45) is 1.58. The van der Waals surface area contributed by atoms with Gasteiger partial charge >= 0.3 is 0 Å². The number of hydrogen-bond donors (Lipinski definition) is 2. The lowest BCUT2D eigenvalue weighted by molar-refractivity contribution is 0.263. The van der Waals surface area contributed by atoms with E-state index in [1.807, 2.05) is 19.1 Å². The van der Waals surface area contributed by atoms with Gasteiger partial charge in [0.05, 0.1) is 12.2 Å². The van der Waals surface area contributed by atoms with Crippen LogP contribution in [0.4, 0.5) is 0 Å². The second-order valence-electron chi connectivity index (χ2n) is 3.58. The van der Waals surface area contributed by atoms with Crippen molar-refractivity contribution in [3.63, 3.8) is 0 Å². The number of phenolic OH excluding ortho intramolecular Hbond substituents is 1. The van der Waals surface area contributed by atoms with Crippen LogP contribution in [0.2, 0.25) is 0 Å². The maximum atomic E-state index is 9.95. The van der Waals surface area contributed by atoms with E-state index in [-0.39, 0.29) is 6.04 Å². The van der Waals surface area contributed by atoms with E-state index in [0.717, 1.165) is 29.7 Å². The van der Waals surface area contributed by atoms with Gasteiger partial charge < -0.3 is 15.6 Å². The lowest BCUT2D eigenvalue weighted by atomic mass is 9.96. The van der Waals surface area contributed by atoms with Gasteiger partial charge in [-0.3, -0.25) is 0 Å². The Labute approximate surface area is 83.5 Å². The second kappa shape index (κ2) is 3.50. The van der Waals surface area contributed by atoms with Crippen molar-refractivity contribution >= 4 is 0 Å². The fourth-order valence-electron chi connectivity index (χ4n) is 1.84. The van der Waals surface area contributed by atoms with Crippen molar-refractivity contribution in [1.29, 1.82) is 0 Å². The Morgan fingerprint density at radius 3 is 3.07 bits per heavy atom. The highest BCUT2D eigenvalue weighted by Gasteiger charge is 2.22. The van der Waals surface area contributed by atoms with E-state index in [4.69, 9.17) is 10.5 Å². The molecular formula is C11H15NO2. The van der Waals surface area contributed by atoms with Gasteiger partial charge in [0.1, 0.15) is 11.5 Å². The fraction of sp³-hybridized carbons (Fsp3) is 0.455. The average molecular weight is 193 g/mol. The zero-order chi connectivity index (χ0) is 10.1. The van der Waals surface area contributed by atoms with Gasteiger partial charge in [0, 0.05) is 12.5 Å². The van der Waals surface area contributed by atoms with E-state index >= 15 is 0 Å². The first-order valence-corrected chi connectivity index (χ1v) is 4.97. The molecule has 0 aromatic heterocycles. The summed E-state index contributed by atoms with van der Waals surface area (Å²) >= 11 is 0. The van der Waals surface area contributed by atoms with E-state index in [9.17, 15) is 5.11 Å². The van der Waals surface area contributed by atoms with Crippen molar-refractivity contribution in [2.45, 2.75) is 25.8 Å². The van der Waals surface area contributed by atoms with Gasteiger partial charge in [0.15, 0.2) is 0 Å². The number of nitrogens with two attached hydrogens (primary N) is 1. The summed E-state index contributed by atoms with van der Waals surface area (Å²) in [5.41, 5.74) is 7.64. The lowest BCUT2D eigenvalue weighted by Gasteiger charge is -2.24. The standard InChI is InChI=1S/C11H15NO2/c1-2-7-3-4-9-10(11(7)13)8(12)5-6-14-9/h3-4,8,13H,2,5-6,12H2,1H3/t8-/m0/s1. The molecule has 0 fully saturated rings. The molecule has 0 amide bonds. The molecule has 14 heavy (non-hydrogen) atoms. The number of aryl methyl sites for hydroxylation is 1. The number of phenols is 1. The van der Waals surface area contributed by atoms with E-state index in [1.54, 1.807) is 0 Å². The summed E-state index contributed by atoms with van der Waals surface area (Å²) in [6, 6.07) is 3.70. The molecule has 1 aliphatic rings. The highest BCUT2D eigenvalue weighted by Crippen LogP contribution is 2.39. The first-order chi connectivity index (χ1) is 6.74. The van der Waals surface area contributed by atoms with Crippen LogP contribution < -0.4 is 10.5 Å². The fourth-order valence-corrected chi connectivity index (χ4v) is 1.84. The molecule has 0 saturated carbocycles. The summed E-state index contributed by atoms with van der Waals surface area (Å²) in [5.74, 6) is 1.05. The largest absolute Gasteiger partial charge is 0.507 e. The number of ether oxygens (including phenoxy) is 1. The smallest absolute Gasteiger partial charge is 0.127 e. The molecule has 0 aliphatic carbocycles. The van der Waals surface area contributed by atoms with Gasteiger partial charge in [-0.15, -0.1) is 0 Å². The SMILES string of the molecule is CCc1ccc2c(c1O)[C@@H](N)CCO2. The van der Waals surface area contributed by atoms with Gasteiger partial charge in [-0.05, 0) is 18.1 Å². The highest BCUT2D eigenvalue weighted by molar-refractivity contribution is 5.51. The number of hydrogen-bond acceptors (Lipinski definition) is 3. The molecule has 3 N–H and O–H groups in total. The molecule has 0 unspecified atom stereocenters. The van der Waals surface area contributed by atoms with Gasteiger partial charge in [0.2, 0.25) is 0 Å². The molecule has 1 atom stereocenters. The predicted molar refractivity (Wildman–Crippen MR) is 54.5 cm³/mol. The Morgan fingerprint density at radius 1 is 1.57 bits per heavy atom. The van der Waals surface area contributed by atoms with Crippen LogP contribution in [-0.4, -0.2) is 11.7 Å². The maximum absolute atomic E-state index is 9.95. The molecule has 1 aromatic carbocycles. The Bertz CT molecular complexity index is 349. The summed E-state index contributed by atoms with van der Waals surface area (Å²) < 4.78 is 5.43. The number of rotatable bonds is 1. The van der Waals surface area contributed by atoms with Crippen LogP contribution in [-0.2, 0) is 6.42 Å². The van der Waals surface area contributed by atoms with Gasteiger partial charge in [-0.2, -0.15) is 0 Å². The second-order valence-corrected chi connectivity index (χ2v) is 3.58. The molecule has 76 valence electrons. The van der Waals surface area contributed by atoms with Crippen molar-refractivity contribution in [2.24, 2.45) is 5.73 Å². The Morgan fingerprint density at radius 2 is 2.36 bits per heavy atom. The van der Waals surface area contributed by atoms with Crippen LogP contribution in [0.15, 0.2) is 12.1 Å². The average Bonchev–Trinajstić information content (AvgIpc) is 2.18. The van der Waals surface area contributed by atoms with Crippen LogP contribution in [0.25, 0.3) is 0 Å². The molecule has 1 aromatic rings. The highest BCUT2D eigenvalue weighted by atomic mass is 16.5. The summed E-state index contributed by atoms with van der Waals surface area (Å²) in [5, 5.41) is 9.95. The Balaban J connectivity index is 2.54. The topological polar surface area (TPSA) is 55.5 Å². The number of fused-ring (bicyclic) bond motifs is 1. The molecule has 0 spiro atoms. The first-order valence-electron chi connectivity index (χ1n) is 4.97. The van der Waals surface area contributed by atoms with E-state index in [1.165, 1.54) is 0 Å². The first kappa shape index (κ1) is 9.34. The molecule has 1 heterocycles. The van der Waals surface area contributed by atoms with Crippen molar-refractivity contribution in [3.05, 3.63) is 23.3 Å². The summed E-state index contributed by atoms with van der Waals surface area (Å²) in [7, 11) is 0. The van der Waals surface area contributed by atoms with E-state index in [0.29, 0.717) is 12.4 Å². The maximum Gasteiger partial charge on any atom is 0.127 e. The van der Waals surface area contributed by atoms with Crippen LogP contribution in [0.3, 0.4) is 0 Å². The third kappa shape index (κ3) is 1.34. The minimum atomic E-state index is -0.0924. The molecule has 0 bridgehead atoms. The van der Waals surface area contributed by atoms with Crippen molar-refractivity contribution in [3.8, 4) is 11.5 Å². The number of benzene rings is 1. The number of aromatic hydroxyl groups is 1. The van der Waals surface area contributed by atoms with Gasteiger partial charge in [-0.25, -0.2) is 0 Å². The van der Waals surface area contributed by atoms with Crippen LogP contribution in [0.5, 0.6) is 11.5 Å². The summed E-state index contributed by atoms with van der Waals surface area (Å²) in [4.78, 5) is 0. The molecule has 3 nitrogen and oxygen atoms in total. The molecule has 1 aliphatic heterocycles. The zero-order valence-corrected chi connectivity index (χ0v) is 8.29. The molecule has 0 saturated heterocycles. The van der Waals surface area contributed by atoms with Gasteiger partial charge in [-0.1, -0.05) is 13.0 Å². The predicted octanol–water partition coefficient (Wildman–Crippen LogP) is 1.74. The van der Waals surface area contributed by atoms with Crippen LogP contribution in [0.1, 0.15) is 30.5 Å². The van der Waals surface area contributed by atoms with Crippen molar-refractivity contribution < 1.29 is 9.84 Å². The van der Waals surface area contributed by atoms with Gasteiger partial charge in [0.25, 0.3) is 0 Å². The monoisotopic (exact) mass is 193 g/mol. The third-order valence-corrected chi connectivity index (χ3v) is 2.70. The molecule has 3 heteroatoms. The summed E-state index contributed by atoms with van der Waals surface area (Å²) in [6.45, 7) is 2.65. The van der Waals surface area contributed by atoms with Crippen molar-refractivity contribution in [1.82, 2.24) is 0 Å². The van der Waals surface area contributed by atoms with E-state index < -0.39 is 0 Å². The molecule has 0 radical (unpaired) electrons. The van der Waals surface area contributed by atoms with Crippen molar-refractivity contribution in [2.75, 3.05) is 6.61 Å². The Kier molecular flexibility index (Phi) is 2.33. The van der Waals surface area contributed by atoms with Crippen LogP contribution in [0, 0.1) is 0 Å². The quantitative estimate of drug-likeness (QED) is 0.714. The Hall–Kier alpha value is -1.22. The zero-order valence-electron chi connectivity index (χ0n) is 8.29. The molecule has 2 rings (SSSR count). The third-order valence-electron chi connectivity index (χ3n) is 2.70. The normalized spacial score (nSPS) is 20.0.